The average molecular weight is 342 g/mol. The number of anilines is 2. The predicted octanol–water partition coefficient (Wildman–Crippen LogP) is 4.47. The van der Waals surface area contributed by atoms with Gasteiger partial charge in [-0.25, -0.2) is 9.97 Å². The lowest BCUT2D eigenvalue weighted by atomic mass is 10.1. The molecular formula is C20H14N4O2. The maximum atomic E-state index is 5.80. The summed E-state index contributed by atoms with van der Waals surface area (Å²) in [5.41, 5.74) is 17.5. The first-order valence-corrected chi connectivity index (χ1v) is 8.09. The smallest absolute Gasteiger partial charge is 0.227 e. The van der Waals surface area contributed by atoms with Gasteiger partial charge in [0.1, 0.15) is 11.0 Å². The van der Waals surface area contributed by atoms with E-state index < -0.39 is 0 Å². The van der Waals surface area contributed by atoms with Gasteiger partial charge in [0.25, 0.3) is 0 Å². The molecule has 2 heterocycles. The van der Waals surface area contributed by atoms with Gasteiger partial charge in [-0.2, -0.15) is 0 Å². The summed E-state index contributed by atoms with van der Waals surface area (Å²) >= 11 is 0. The fourth-order valence-corrected chi connectivity index (χ4v) is 2.88. The zero-order chi connectivity index (χ0) is 17.7. The highest BCUT2D eigenvalue weighted by atomic mass is 16.4. The lowest BCUT2D eigenvalue weighted by Gasteiger charge is -1.97. The number of nitrogens with zero attached hydrogens (tertiary/aromatic N) is 2. The Balaban J connectivity index is 1.52. The van der Waals surface area contributed by atoms with E-state index in [2.05, 4.69) is 9.97 Å². The van der Waals surface area contributed by atoms with Crippen LogP contribution >= 0.6 is 0 Å². The van der Waals surface area contributed by atoms with Crippen molar-refractivity contribution in [2.75, 3.05) is 11.5 Å². The van der Waals surface area contributed by atoms with E-state index in [0.717, 1.165) is 22.2 Å². The molecule has 0 bridgehead atoms. The van der Waals surface area contributed by atoms with Crippen LogP contribution in [0.4, 0.5) is 11.4 Å². The molecule has 6 nitrogen and oxygen atoms in total. The van der Waals surface area contributed by atoms with Crippen LogP contribution in [0, 0.1) is 0 Å². The van der Waals surface area contributed by atoms with Crippen molar-refractivity contribution in [3.63, 3.8) is 0 Å². The summed E-state index contributed by atoms with van der Waals surface area (Å²) in [5, 5.41) is 0. The topological polar surface area (TPSA) is 104 Å². The van der Waals surface area contributed by atoms with Crippen LogP contribution in [0.1, 0.15) is 0 Å². The molecule has 4 N–H and O–H groups in total. The Morgan fingerprint density at radius 2 is 1.00 bits per heavy atom. The van der Waals surface area contributed by atoms with Crippen molar-refractivity contribution < 1.29 is 8.83 Å². The van der Waals surface area contributed by atoms with Crippen molar-refractivity contribution in [3.8, 4) is 22.9 Å². The lowest BCUT2D eigenvalue weighted by Crippen LogP contribution is -1.81. The predicted molar refractivity (Wildman–Crippen MR) is 101 cm³/mol. The number of nitrogen functional groups attached to an aromatic ring is 2. The minimum absolute atomic E-state index is 0.544. The van der Waals surface area contributed by atoms with Crippen molar-refractivity contribution in [3.05, 3.63) is 60.7 Å². The third-order valence-electron chi connectivity index (χ3n) is 4.20. The van der Waals surface area contributed by atoms with Gasteiger partial charge in [-0.1, -0.05) is 0 Å². The Labute approximate surface area is 148 Å². The molecule has 0 aliphatic rings. The first-order valence-electron chi connectivity index (χ1n) is 8.09. The van der Waals surface area contributed by atoms with Gasteiger partial charge in [0.15, 0.2) is 11.2 Å². The molecule has 0 saturated heterocycles. The zero-order valence-electron chi connectivity index (χ0n) is 13.6. The molecule has 0 atom stereocenters. The van der Waals surface area contributed by atoms with E-state index in [4.69, 9.17) is 20.3 Å². The van der Waals surface area contributed by atoms with E-state index >= 15 is 0 Å². The summed E-state index contributed by atoms with van der Waals surface area (Å²) in [6.45, 7) is 0. The van der Waals surface area contributed by atoms with Gasteiger partial charge >= 0.3 is 0 Å². The molecule has 5 rings (SSSR count). The highest BCUT2D eigenvalue weighted by molar-refractivity contribution is 5.81. The maximum Gasteiger partial charge on any atom is 0.227 e. The maximum absolute atomic E-state index is 5.80. The normalized spacial score (nSPS) is 11.4. The molecule has 0 amide bonds. The first-order chi connectivity index (χ1) is 12.7. The van der Waals surface area contributed by atoms with E-state index in [1.54, 1.807) is 24.3 Å². The number of rotatable bonds is 2. The average Bonchev–Trinajstić information content (AvgIpc) is 3.25. The lowest BCUT2D eigenvalue weighted by molar-refractivity contribution is 0.618. The van der Waals surface area contributed by atoms with Crippen LogP contribution in [-0.4, -0.2) is 9.97 Å². The SMILES string of the molecule is Nc1ccc2nc(-c3ccc(-c4nc5ccc(N)cc5o4)cc3)oc2c1. The summed E-state index contributed by atoms with van der Waals surface area (Å²) in [7, 11) is 0. The fourth-order valence-electron chi connectivity index (χ4n) is 2.88. The van der Waals surface area contributed by atoms with Gasteiger partial charge in [0, 0.05) is 34.6 Å². The van der Waals surface area contributed by atoms with Gasteiger partial charge in [0.05, 0.1) is 0 Å². The van der Waals surface area contributed by atoms with Crippen molar-refractivity contribution in [2.24, 2.45) is 0 Å². The molecule has 0 saturated carbocycles. The van der Waals surface area contributed by atoms with Crippen molar-refractivity contribution in [1.29, 1.82) is 0 Å². The van der Waals surface area contributed by atoms with Gasteiger partial charge in [-0.05, 0) is 48.5 Å². The molecule has 0 aliphatic carbocycles. The van der Waals surface area contributed by atoms with E-state index in [0.29, 0.717) is 34.3 Å². The molecule has 0 unspecified atom stereocenters. The minimum Gasteiger partial charge on any atom is -0.436 e. The summed E-state index contributed by atoms with van der Waals surface area (Å²) < 4.78 is 11.6. The van der Waals surface area contributed by atoms with Crippen LogP contribution in [-0.2, 0) is 0 Å². The van der Waals surface area contributed by atoms with E-state index in [-0.39, 0.29) is 0 Å². The summed E-state index contributed by atoms with van der Waals surface area (Å²) in [6.07, 6.45) is 0. The van der Waals surface area contributed by atoms with Crippen molar-refractivity contribution in [2.45, 2.75) is 0 Å². The molecule has 5 aromatic rings. The van der Waals surface area contributed by atoms with E-state index in [1.807, 2.05) is 36.4 Å². The number of benzene rings is 3. The number of hydrogen-bond donors (Lipinski definition) is 2. The second kappa shape index (κ2) is 5.35. The van der Waals surface area contributed by atoms with E-state index in [9.17, 15) is 0 Å². The van der Waals surface area contributed by atoms with Gasteiger partial charge in [0.2, 0.25) is 11.8 Å². The minimum atomic E-state index is 0.544. The van der Waals surface area contributed by atoms with Gasteiger partial charge in [-0.15, -0.1) is 0 Å². The third-order valence-corrected chi connectivity index (χ3v) is 4.20. The second-order valence-electron chi connectivity index (χ2n) is 6.07. The molecule has 3 aromatic carbocycles. The quantitative estimate of drug-likeness (QED) is 0.459. The zero-order valence-corrected chi connectivity index (χ0v) is 13.6. The summed E-state index contributed by atoms with van der Waals surface area (Å²) in [4.78, 5) is 8.99. The molecule has 0 radical (unpaired) electrons. The standard InChI is InChI=1S/C20H14N4O2/c21-13-5-7-15-17(9-13)25-19(23-15)11-1-2-12(4-3-11)20-24-16-8-6-14(22)10-18(16)26-20/h1-10H,21-22H2. The molecule has 0 fully saturated rings. The molecule has 26 heavy (non-hydrogen) atoms. The number of hydrogen-bond acceptors (Lipinski definition) is 6. The van der Waals surface area contributed by atoms with Gasteiger partial charge < -0.3 is 20.3 Å². The molecule has 2 aromatic heterocycles. The summed E-state index contributed by atoms with van der Waals surface area (Å²) in [6, 6.07) is 18.5. The first kappa shape index (κ1) is 14.5. The Morgan fingerprint density at radius 3 is 1.42 bits per heavy atom. The molecule has 126 valence electrons. The Kier molecular flexibility index (Phi) is 2.99. The number of aromatic nitrogens is 2. The number of oxazole rings is 2. The van der Waals surface area contributed by atoms with Crippen LogP contribution in [0.2, 0.25) is 0 Å². The molecule has 0 spiro atoms. The van der Waals surface area contributed by atoms with Crippen LogP contribution < -0.4 is 11.5 Å². The van der Waals surface area contributed by atoms with Crippen molar-refractivity contribution in [1.82, 2.24) is 9.97 Å². The van der Waals surface area contributed by atoms with Crippen LogP contribution in [0.25, 0.3) is 45.1 Å². The fraction of sp³-hybridized carbons (Fsp3) is 0. The number of fused-ring (bicyclic) bond motifs is 2. The Morgan fingerprint density at radius 1 is 0.577 bits per heavy atom. The largest absolute Gasteiger partial charge is 0.436 e. The van der Waals surface area contributed by atoms with Crippen LogP contribution in [0.5, 0.6) is 0 Å². The molecular weight excluding hydrogens is 328 g/mol. The van der Waals surface area contributed by atoms with Crippen molar-refractivity contribution >= 4 is 33.6 Å². The Hall–Kier alpha value is -3.80. The second-order valence-corrected chi connectivity index (χ2v) is 6.07. The molecule has 0 aliphatic heterocycles. The van der Waals surface area contributed by atoms with Crippen LogP contribution in [0.15, 0.2) is 69.5 Å². The van der Waals surface area contributed by atoms with Gasteiger partial charge in [-0.3, -0.25) is 0 Å². The number of nitrogens with two attached hydrogens (primary N) is 2. The van der Waals surface area contributed by atoms with E-state index in [1.165, 1.54) is 0 Å². The molecule has 6 heteroatoms. The highest BCUT2D eigenvalue weighted by Gasteiger charge is 2.11. The third kappa shape index (κ3) is 2.36. The monoisotopic (exact) mass is 342 g/mol. The Bertz CT molecular complexity index is 1150. The van der Waals surface area contributed by atoms with Crippen LogP contribution in [0.3, 0.4) is 0 Å². The highest BCUT2D eigenvalue weighted by Crippen LogP contribution is 2.29. The summed E-state index contributed by atoms with van der Waals surface area (Å²) in [5.74, 6) is 1.09.